The highest BCUT2D eigenvalue weighted by atomic mass is 16.5. The second-order valence-electron chi connectivity index (χ2n) is 6.55. The minimum atomic E-state index is -0.970. The van der Waals surface area contributed by atoms with Crippen molar-refractivity contribution in [3.63, 3.8) is 0 Å². The Hall–Kier alpha value is -3.15. The van der Waals surface area contributed by atoms with Crippen LogP contribution in [0.2, 0.25) is 0 Å². The van der Waals surface area contributed by atoms with Crippen molar-refractivity contribution < 1.29 is 14.3 Å². The number of benzene rings is 2. The van der Waals surface area contributed by atoms with Crippen LogP contribution in [0.5, 0.6) is 0 Å². The van der Waals surface area contributed by atoms with Crippen molar-refractivity contribution in [2.75, 3.05) is 11.9 Å². The van der Waals surface area contributed by atoms with Gasteiger partial charge in [0.1, 0.15) is 0 Å². The van der Waals surface area contributed by atoms with E-state index >= 15 is 0 Å². The second kappa shape index (κ2) is 6.87. The SMILES string of the molecule is CCOC(=O)[C@H]1C(=O)Nc2nc3ccccc3n2[C@H]1c1ccc(CC)cc1. The number of rotatable bonds is 4. The van der Waals surface area contributed by atoms with Crippen molar-refractivity contribution >= 4 is 28.9 Å². The topological polar surface area (TPSA) is 73.2 Å². The van der Waals surface area contributed by atoms with Gasteiger partial charge in [-0.25, -0.2) is 4.98 Å². The van der Waals surface area contributed by atoms with Crippen molar-refractivity contribution in [2.24, 2.45) is 5.92 Å². The molecule has 27 heavy (non-hydrogen) atoms. The summed E-state index contributed by atoms with van der Waals surface area (Å²) in [5, 5.41) is 2.77. The van der Waals surface area contributed by atoms with E-state index in [0.29, 0.717) is 5.95 Å². The van der Waals surface area contributed by atoms with Gasteiger partial charge in [-0.15, -0.1) is 0 Å². The Labute approximate surface area is 157 Å². The average molecular weight is 363 g/mol. The lowest BCUT2D eigenvalue weighted by Gasteiger charge is -2.32. The number of carbonyl (C=O) groups excluding carboxylic acids is 2. The molecule has 1 N–H and O–H groups in total. The molecule has 0 saturated heterocycles. The normalized spacial score (nSPS) is 18.8. The van der Waals surface area contributed by atoms with E-state index < -0.39 is 17.9 Å². The fraction of sp³-hybridized carbons (Fsp3) is 0.286. The Bertz CT molecular complexity index is 1010. The highest BCUT2D eigenvalue weighted by molar-refractivity contribution is 6.07. The molecule has 0 unspecified atom stereocenters. The summed E-state index contributed by atoms with van der Waals surface area (Å²) < 4.78 is 7.15. The molecule has 138 valence electrons. The summed E-state index contributed by atoms with van der Waals surface area (Å²) in [5.41, 5.74) is 3.71. The molecule has 6 heteroatoms. The van der Waals surface area contributed by atoms with Crippen molar-refractivity contribution in [1.29, 1.82) is 0 Å². The van der Waals surface area contributed by atoms with E-state index in [-0.39, 0.29) is 12.5 Å². The van der Waals surface area contributed by atoms with Gasteiger partial charge in [0.2, 0.25) is 11.9 Å². The third-order valence-electron chi connectivity index (χ3n) is 4.98. The van der Waals surface area contributed by atoms with E-state index in [1.54, 1.807) is 6.92 Å². The maximum atomic E-state index is 12.8. The van der Waals surface area contributed by atoms with Gasteiger partial charge < -0.3 is 9.30 Å². The number of carbonyl (C=O) groups is 2. The number of imidazole rings is 1. The molecule has 1 aromatic heterocycles. The number of ether oxygens (including phenoxy) is 1. The van der Waals surface area contributed by atoms with Crippen LogP contribution < -0.4 is 5.32 Å². The summed E-state index contributed by atoms with van der Waals surface area (Å²) in [6.45, 7) is 4.05. The van der Waals surface area contributed by atoms with Crippen molar-refractivity contribution in [3.05, 3.63) is 59.7 Å². The zero-order valence-corrected chi connectivity index (χ0v) is 15.3. The highest BCUT2D eigenvalue weighted by Gasteiger charge is 2.44. The van der Waals surface area contributed by atoms with Gasteiger partial charge >= 0.3 is 5.97 Å². The number of fused-ring (bicyclic) bond motifs is 3. The van der Waals surface area contributed by atoms with Crippen molar-refractivity contribution in [2.45, 2.75) is 26.3 Å². The van der Waals surface area contributed by atoms with E-state index in [4.69, 9.17) is 4.74 Å². The number of aryl methyl sites for hydroxylation is 1. The molecule has 0 aliphatic carbocycles. The van der Waals surface area contributed by atoms with E-state index in [1.165, 1.54) is 5.56 Å². The number of amides is 1. The zero-order valence-electron chi connectivity index (χ0n) is 15.3. The standard InChI is InChI=1S/C21H21N3O3/c1-3-13-9-11-14(12-10-13)18-17(20(26)27-4-2)19(25)23-21-22-15-7-5-6-8-16(15)24(18)21/h5-12,17-18H,3-4H2,1-2H3,(H,22,23,25)/t17-,18+/m1/s1. The third-order valence-corrected chi connectivity index (χ3v) is 4.98. The summed E-state index contributed by atoms with van der Waals surface area (Å²) >= 11 is 0. The molecule has 0 fully saturated rings. The molecule has 1 amide bonds. The Kier molecular flexibility index (Phi) is 4.39. The van der Waals surface area contributed by atoms with E-state index in [9.17, 15) is 9.59 Å². The van der Waals surface area contributed by atoms with Crippen LogP contribution in [-0.4, -0.2) is 28.0 Å². The highest BCUT2D eigenvalue weighted by Crippen LogP contribution is 2.38. The van der Waals surface area contributed by atoms with Crippen LogP contribution in [0.4, 0.5) is 5.95 Å². The summed E-state index contributed by atoms with van der Waals surface area (Å²) in [6.07, 6.45) is 0.923. The van der Waals surface area contributed by atoms with Crippen LogP contribution in [-0.2, 0) is 20.7 Å². The van der Waals surface area contributed by atoms with Gasteiger partial charge in [0, 0.05) is 0 Å². The quantitative estimate of drug-likeness (QED) is 0.570. The molecule has 2 heterocycles. The van der Waals surface area contributed by atoms with Crippen molar-refractivity contribution in [1.82, 2.24) is 9.55 Å². The van der Waals surface area contributed by atoms with E-state index in [0.717, 1.165) is 23.0 Å². The van der Waals surface area contributed by atoms with Crippen LogP contribution in [0, 0.1) is 5.92 Å². The molecule has 0 radical (unpaired) electrons. The number of para-hydroxylation sites is 2. The molecule has 0 bridgehead atoms. The van der Waals surface area contributed by atoms with Crippen LogP contribution in [0.25, 0.3) is 11.0 Å². The lowest BCUT2D eigenvalue weighted by atomic mass is 9.89. The molecule has 0 spiro atoms. The number of hydrogen-bond donors (Lipinski definition) is 1. The molecule has 2 aromatic carbocycles. The number of anilines is 1. The molecule has 3 aromatic rings. The van der Waals surface area contributed by atoms with Gasteiger partial charge in [0.25, 0.3) is 0 Å². The van der Waals surface area contributed by atoms with Crippen molar-refractivity contribution in [3.8, 4) is 0 Å². The van der Waals surface area contributed by atoms with Gasteiger partial charge in [0.15, 0.2) is 5.92 Å². The predicted molar refractivity (Wildman–Crippen MR) is 102 cm³/mol. The first-order valence-electron chi connectivity index (χ1n) is 9.17. The molecule has 6 nitrogen and oxygen atoms in total. The molecule has 2 atom stereocenters. The Balaban J connectivity index is 1.92. The number of aromatic nitrogens is 2. The minimum absolute atomic E-state index is 0.224. The van der Waals surface area contributed by atoms with Gasteiger partial charge in [-0.2, -0.15) is 0 Å². The van der Waals surface area contributed by atoms with Gasteiger partial charge in [-0.1, -0.05) is 43.3 Å². The molecule has 1 aliphatic rings. The molecular weight excluding hydrogens is 342 g/mol. The largest absolute Gasteiger partial charge is 0.465 e. The van der Waals surface area contributed by atoms with Crippen LogP contribution in [0.3, 0.4) is 0 Å². The summed E-state index contributed by atoms with van der Waals surface area (Å²) in [6, 6.07) is 15.2. The maximum absolute atomic E-state index is 12.8. The Morgan fingerprint density at radius 1 is 1.15 bits per heavy atom. The molecule has 0 saturated carbocycles. The third kappa shape index (κ3) is 2.87. The maximum Gasteiger partial charge on any atom is 0.321 e. The van der Waals surface area contributed by atoms with Crippen LogP contribution in [0.15, 0.2) is 48.5 Å². The molecular formula is C21H21N3O3. The zero-order chi connectivity index (χ0) is 19.0. The summed E-state index contributed by atoms with van der Waals surface area (Å²) in [5.74, 6) is -1.43. The predicted octanol–water partition coefficient (Wildman–Crippen LogP) is 3.32. The summed E-state index contributed by atoms with van der Waals surface area (Å²) in [4.78, 5) is 30.0. The van der Waals surface area contributed by atoms with Gasteiger partial charge in [-0.3, -0.25) is 14.9 Å². The summed E-state index contributed by atoms with van der Waals surface area (Å²) in [7, 11) is 0. The van der Waals surface area contributed by atoms with Crippen LogP contribution in [0.1, 0.15) is 31.0 Å². The van der Waals surface area contributed by atoms with Gasteiger partial charge in [0.05, 0.1) is 23.7 Å². The molecule has 1 aliphatic heterocycles. The Morgan fingerprint density at radius 3 is 2.59 bits per heavy atom. The van der Waals surface area contributed by atoms with Crippen LogP contribution >= 0.6 is 0 Å². The molecule has 4 rings (SSSR count). The number of esters is 1. The van der Waals surface area contributed by atoms with E-state index in [2.05, 4.69) is 17.2 Å². The first-order valence-corrected chi connectivity index (χ1v) is 9.17. The Morgan fingerprint density at radius 2 is 1.89 bits per heavy atom. The van der Waals surface area contributed by atoms with Gasteiger partial charge in [-0.05, 0) is 36.6 Å². The average Bonchev–Trinajstić information content (AvgIpc) is 3.05. The second-order valence-corrected chi connectivity index (χ2v) is 6.55. The monoisotopic (exact) mass is 363 g/mol. The number of hydrogen-bond acceptors (Lipinski definition) is 4. The number of nitrogens with zero attached hydrogens (tertiary/aromatic N) is 2. The van der Waals surface area contributed by atoms with E-state index in [1.807, 2.05) is 53.1 Å². The lowest BCUT2D eigenvalue weighted by Crippen LogP contribution is -2.43. The number of nitrogens with one attached hydrogen (secondary N) is 1. The first kappa shape index (κ1) is 17.3. The minimum Gasteiger partial charge on any atom is -0.465 e. The fourth-order valence-corrected chi connectivity index (χ4v) is 3.65. The first-order chi connectivity index (χ1) is 13.1. The lowest BCUT2D eigenvalue weighted by molar-refractivity contribution is -0.152. The smallest absolute Gasteiger partial charge is 0.321 e. The fourth-order valence-electron chi connectivity index (χ4n) is 3.65.